The first-order valence-electron chi connectivity index (χ1n) is 9.54. The van der Waals surface area contributed by atoms with Crippen LogP contribution in [0.15, 0.2) is 54.6 Å². The lowest BCUT2D eigenvalue weighted by atomic mass is 9.73. The van der Waals surface area contributed by atoms with Gasteiger partial charge in [0.05, 0.1) is 5.41 Å². The Hall–Kier alpha value is -2.66. The molecule has 0 spiro atoms. The Kier molecular flexibility index (Phi) is 4.94. The average molecular weight is 364 g/mol. The number of anilines is 2. The number of nitrogens with zero attached hydrogens (tertiary/aromatic N) is 1. The minimum absolute atomic E-state index is 0.0121. The van der Waals surface area contributed by atoms with Crippen LogP contribution < -0.4 is 10.2 Å². The highest BCUT2D eigenvalue weighted by atomic mass is 16.5. The molecule has 0 aromatic heterocycles. The van der Waals surface area contributed by atoms with Crippen molar-refractivity contribution >= 4 is 23.2 Å². The zero-order valence-electron chi connectivity index (χ0n) is 15.3. The Morgan fingerprint density at radius 3 is 2.52 bits per heavy atom. The van der Waals surface area contributed by atoms with Gasteiger partial charge in [-0.1, -0.05) is 36.4 Å². The van der Waals surface area contributed by atoms with Crippen molar-refractivity contribution in [3.63, 3.8) is 0 Å². The van der Waals surface area contributed by atoms with Crippen molar-refractivity contribution in [1.82, 2.24) is 0 Å². The van der Waals surface area contributed by atoms with Gasteiger partial charge in [-0.25, -0.2) is 0 Å². The summed E-state index contributed by atoms with van der Waals surface area (Å²) < 4.78 is 5.52. The van der Waals surface area contributed by atoms with Crippen molar-refractivity contribution < 1.29 is 14.3 Å². The number of hydrogen-bond acceptors (Lipinski definition) is 3. The van der Waals surface area contributed by atoms with Crippen LogP contribution in [0.2, 0.25) is 0 Å². The summed E-state index contributed by atoms with van der Waals surface area (Å²) in [6.45, 7) is 1.89. The van der Waals surface area contributed by atoms with Crippen molar-refractivity contribution in [3.8, 4) is 0 Å². The van der Waals surface area contributed by atoms with E-state index in [-0.39, 0.29) is 11.8 Å². The quantitative estimate of drug-likeness (QED) is 0.903. The van der Waals surface area contributed by atoms with Gasteiger partial charge >= 0.3 is 0 Å². The maximum Gasteiger partial charge on any atom is 0.235 e. The summed E-state index contributed by atoms with van der Waals surface area (Å²) >= 11 is 0. The van der Waals surface area contributed by atoms with E-state index in [4.69, 9.17) is 4.74 Å². The van der Waals surface area contributed by atoms with Gasteiger partial charge in [-0.3, -0.25) is 9.59 Å². The lowest BCUT2D eigenvalue weighted by Gasteiger charge is -2.36. The second-order valence-corrected chi connectivity index (χ2v) is 7.21. The van der Waals surface area contributed by atoms with Crippen molar-refractivity contribution in [2.45, 2.75) is 31.1 Å². The van der Waals surface area contributed by atoms with Gasteiger partial charge in [-0.05, 0) is 43.0 Å². The molecular weight excluding hydrogens is 340 g/mol. The third kappa shape index (κ3) is 3.47. The zero-order valence-corrected chi connectivity index (χ0v) is 15.3. The molecule has 1 N–H and O–H groups in total. The van der Waals surface area contributed by atoms with Gasteiger partial charge in [-0.2, -0.15) is 0 Å². The molecule has 2 saturated heterocycles. The van der Waals surface area contributed by atoms with Crippen molar-refractivity contribution in [1.29, 1.82) is 0 Å². The van der Waals surface area contributed by atoms with E-state index in [2.05, 4.69) is 5.32 Å². The summed E-state index contributed by atoms with van der Waals surface area (Å²) in [6.07, 6.45) is 2.79. The summed E-state index contributed by atoms with van der Waals surface area (Å²) in [5.74, 6) is 0.130. The topological polar surface area (TPSA) is 58.6 Å². The van der Waals surface area contributed by atoms with Crippen LogP contribution in [0.4, 0.5) is 11.4 Å². The number of hydrogen-bond donors (Lipinski definition) is 1. The van der Waals surface area contributed by atoms with Crippen molar-refractivity contribution in [3.05, 3.63) is 60.2 Å². The lowest BCUT2D eigenvalue weighted by molar-refractivity contribution is -0.125. The van der Waals surface area contributed by atoms with Crippen LogP contribution in [0.3, 0.4) is 0 Å². The predicted octanol–water partition coefficient (Wildman–Crippen LogP) is 3.50. The molecule has 140 valence electrons. The first kappa shape index (κ1) is 17.7. The molecule has 0 atom stereocenters. The molecule has 2 fully saturated rings. The third-order valence-corrected chi connectivity index (χ3v) is 5.60. The summed E-state index contributed by atoms with van der Waals surface area (Å²) in [4.78, 5) is 27.1. The van der Waals surface area contributed by atoms with Crippen LogP contribution in [0.5, 0.6) is 0 Å². The van der Waals surface area contributed by atoms with E-state index < -0.39 is 5.41 Å². The largest absolute Gasteiger partial charge is 0.381 e. The number of ether oxygens (including phenoxy) is 1. The molecule has 0 aliphatic carbocycles. The predicted molar refractivity (Wildman–Crippen MR) is 105 cm³/mol. The van der Waals surface area contributed by atoms with E-state index in [1.807, 2.05) is 54.6 Å². The molecular formula is C22H24N2O3. The number of rotatable bonds is 4. The second kappa shape index (κ2) is 7.53. The normalized spacial score (nSPS) is 19.1. The average Bonchev–Trinajstić information content (AvgIpc) is 3.15. The van der Waals surface area contributed by atoms with Gasteiger partial charge in [0.25, 0.3) is 0 Å². The van der Waals surface area contributed by atoms with E-state index in [1.165, 1.54) is 0 Å². The first-order chi connectivity index (χ1) is 13.2. The molecule has 27 heavy (non-hydrogen) atoms. The molecule has 0 radical (unpaired) electrons. The minimum Gasteiger partial charge on any atom is -0.381 e. The van der Waals surface area contributed by atoms with E-state index in [0.29, 0.717) is 32.5 Å². The number of nitrogens with one attached hydrogen (secondary N) is 1. The first-order valence-corrected chi connectivity index (χ1v) is 9.54. The molecule has 4 rings (SSSR count). The van der Waals surface area contributed by atoms with Gasteiger partial charge in [0.1, 0.15) is 0 Å². The van der Waals surface area contributed by atoms with E-state index in [9.17, 15) is 9.59 Å². The summed E-state index contributed by atoms with van der Waals surface area (Å²) in [5.41, 5.74) is 2.01. The Balaban J connectivity index is 1.59. The number of carbonyl (C=O) groups excluding carboxylic acids is 2. The third-order valence-electron chi connectivity index (χ3n) is 5.60. The van der Waals surface area contributed by atoms with Crippen LogP contribution in [0.25, 0.3) is 0 Å². The van der Waals surface area contributed by atoms with E-state index >= 15 is 0 Å². The molecule has 5 nitrogen and oxygen atoms in total. The van der Waals surface area contributed by atoms with Gasteiger partial charge in [0.15, 0.2) is 0 Å². The van der Waals surface area contributed by atoms with Crippen LogP contribution >= 0.6 is 0 Å². The Bertz CT molecular complexity index is 828. The SMILES string of the molecule is O=C1CCCN1c1cccc(NC(=O)C2(c3ccccc3)CCOCC2)c1. The minimum atomic E-state index is -0.584. The standard InChI is InChI=1S/C22H24N2O3/c25-20-10-5-13-24(20)19-9-4-8-18(16-19)23-21(26)22(11-14-27-15-12-22)17-6-2-1-3-7-17/h1-4,6-9,16H,5,10-15H2,(H,23,26). The summed E-state index contributed by atoms with van der Waals surface area (Å²) in [6, 6.07) is 17.5. The molecule has 0 unspecified atom stereocenters. The molecule has 2 aromatic carbocycles. The Morgan fingerprint density at radius 1 is 1.04 bits per heavy atom. The van der Waals surface area contributed by atoms with Gasteiger partial charge in [-0.15, -0.1) is 0 Å². The van der Waals surface area contributed by atoms with Gasteiger partial charge in [0, 0.05) is 37.6 Å². The highest BCUT2D eigenvalue weighted by Gasteiger charge is 2.41. The van der Waals surface area contributed by atoms with Crippen LogP contribution in [0.1, 0.15) is 31.2 Å². The molecule has 0 bridgehead atoms. The molecule has 2 heterocycles. The van der Waals surface area contributed by atoms with Gasteiger partial charge in [0.2, 0.25) is 11.8 Å². The summed E-state index contributed by atoms with van der Waals surface area (Å²) in [7, 11) is 0. The van der Waals surface area contributed by atoms with Crippen molar-refractivity contribution in [2.75, 3.05) is 30.0 Å². The highest BCUT2D eigenvalue weighted by molar-refractivity contribution is 6.00. The number of carbonyl (C=O) groups is 2. The number of amides is 2. The van der Waals surface area contributed by atoms with Crippen LogP contribution in [-0.4, -0.2) is 31.6 Å². The second-order valence-electron chi connectivity index (χ2n) is 7.21. The molecule has 2 aliphatic rings. The molecule has 2 aromatic rings. The van der Waals surface area contributed by atoms with Crippen molar-refractivity contribution in [2.24, 2.45) is 0 Å². The van der Waals surface area contributed by atoms with Crippen LogP contribution in [0, 0.1) is 0 Å². The fraction of sp³-hybridized carbons (Fsp3) is 0.364. The van der Waals surface area contributed by atoms with E-state index in [0.717, 1.165) is 29.9 Å². The fourth-order valence-corrected chi connectivity index (χ4v) is 4.05. The Labute approximate surface area is 159 Å². The monoisotopic (exact) mass is 364 g/mol. The molecule has 5 heteroatoms. The number of benzene rings is 2. The highest BCUT2D eigenvalue weighted by Crippen LogP contribution is 2.36. The van der Waals surface area contributed by atoms with E-state index in [1.54, 1.807) is 4.90 Å². The smallest absolute Gasteiger partial charge is 0.235 e. The van der Waals surface area contributed by atoms with Gasteiger partial charge < -0.3 is 15.0 Å². The van der Waals surface area contributed by atoms with Crippen LogP contribution in [-0.2, 0) is 19.7 Å². The summed E-state index contributed by atoms with van der Waals surface area (Å²) in [5, 5.41) is 3.10. The maximum absolute atomic E-state index is 13.3. The zero-order chi connectivity index (χ0) is 18.7. The Morgan fingerprint density at radius 2 is 1.81 bits per heavy atom. The molecule has 0 saturated carbocycles. The molecule has 2 amide bonds. The molecule has 2 aliphatic heterocycles. The lowest BCUT2D eigenvalue weighted by Crippen LogP contribution is -2.44. The fourth-order valence-electron chi connectivity index (χ4n) is 4.05. The maximum atomic E-state index is 13.3.